The van der Waals surface area contributed by atoms with Gasteiger partial charge in [-0.05, 0) is 79.2 Å². The Labute approximate surface area is 243 Å². The average molecular weight is 579 g/mol. The zero-order valence-electron chi connectivity index (χ0n) is 22.4. The van der Waals surface area contributed by atoms with Crippen LogP contribution in [0.25, 0.3) is 10.2 Å². The third kappa shape index (κ3) is 7.12. The summed E-state index contributed by atoms with van der Waals surface area (Å²) in [6.45, 7) is 3.47. The Morgan fingerprint density at radius 2 is 1.73 bits per heavy atom. The molecule has 3 aromatic carbocycles. The zero-order valence-corrected chi connectivity index (χ0v) is 24.0. The molecule has 0 saturated heterocycles. The van der Waals surface area contributed by atoms with E-state index in [0.717, 1.165) is 58.9 Å². The maximum absolute atomic E-state index is 13.4. The van der Waals surface area contributed by atoms with E-state index >= 15 is 0 Å². The molecule has 1 aliphatic carbocycles. The fourth-order valence-corrected chi connectivity index (χ4v) is 6.58. The number of nitrogens with one attached hydrogen (secondary N) is 3. The first kappa shape index (κ1) is 28.4. The number of amides is 1. The van der Waals surface area contributed by atoms with Crippen molar-refractivity contribution in [3.05, 3.63) is 97.6 Å². The first-order valence-corrected chi connectivity index (χ1v) is 15.0. The van der Waals surface area contributed by atoms with Crippen LogP contribution in [-0.4, -0.2) is 59.7 Å². The second kappa shape index (κ2) is 13.5. The molecule has 9 heteroatoms. The maximum Gasteiger partial charge on any atom is 0.305 e. The first-order valence-electron chi connectivity index (χ1n) is 13.8. The van der Waals surface area contributed by atoms with E-state index in [0.29, 0.717) is 38.1 Å². The van der Waals surface area contributed by atoms with Crippen LogP contribution in [0.1, 0.15) is 28.7 Å². The monoisotopic (exact) mass is 578 g/mol. The lowest BCUT2D eigenvalue weighted by atomic mass is 10.1. The van der Waals surface area contributed by atoms with E-state index in [4.69, 9.17) is 11.6 Å². The van der Waals surface area contributed by atoms with Crippen molar-refractivity contribution >= 4 is 39.1 Å². The normalized spacial score (nSPS) is 13.1. The molecule has 210 valence electrons. The molecule has 0 radical (unpaired) electrons. The Hall–Kier alpha value is -3.17. The van der Waals surface area contributed by atoms with Crippen molar-refractivity contribution < 1.29 is 9.90 Å². The van der Waals surface area contributed by atoms with Gasteiger partial charge in [-0.2, -0.15) is 0 Å². The van der Waals surface area contributed by atoms with Crippen molar-refractivity contribution in [1.82, 2.24) is 20.5 Å². The van der Waals surface area contributed by atoms with Gasteiger partial charge in [0, 0.05) is 37.1 Å². The number of benzene rings is 3. The van der Waals surface area contributed by atoms with Gasteiger partial charge in [-0.3, -0.25) is 9.59 Å². The second-order valence-corrected chi connectivity index (χ2v) is 11.7. The molecular weight excluding hydrogens is 544 g/mol. The quantitative estimate of drug-likeness (QED) is 0.177. The summed E-state index contributed by atoms with van der Waals surface area (Å²) < 4.78 is 0.801. The number of halogens is 1. The van der Waals surface area contributed by atoms with Gasteiger partial charge in [-0.15, -0.1) is 0 Å². The third-order valence-electron chi connectivity index (χ3n) is 7.53. The van der Waals surface area contributed by atoms with Crippen molar-refractivity contribution in [2.75, 3.05) is 32.7 Å². The van der Waals surface area contributed by atoms with E-state index in [1.807, 2.05) is 24.3 Å². The lowest BCUT2D eigenvalue weighted by Gasteiger charge is -2.29. The second-order valence-electron chi connectivity index (χ2n) is 10.3. The summed E-state index contributed by atoms with van der Waals surface area (Å²) >= 11 is 7.21. The number of thiazole rings is 1. The molecule has 5 rings (SSSR count). The van der Waals surface area contributed by atoms with Gasteiger partial charge in [0.15, 0.2) is 0 Å². The molecule has 0 bridgehead atoms. The first-order chi connectivity index (χ1) is 19.5. The van der Waals surface area contributed by atoms with Gasteiger partial charge in [0.2, 0.25) is 5.91 Å². The van der Waals surface area contributed by atoms with E-state index < -0.39 is 0 Å². The van der Waals surface area contributed by atoms with Gasteiger partial charge < -0.3 is 25.6 Å². The lowest BCUT2D eigenvalue weighted by molar-refractivity contribution is -0.133. The summed E-state index contributed by atoms with van der Waals surface area (Å²) in [5.41, 5.74) is 5.37. The van der Waals surface area contributed by atoms with Crippen LogP contribution < -0.4 is 15.5 Å². The van der Waals surface area contributed by atoms with Crippen LogP contribution in [0, 0.1) is 0 Å². The SMILES string of the molecule is O=C(CCNCCc1cccc(Cl)c1)N(CCNCCc1ccc(O)c2[nH]c(=O)sc12)C1Cc2ccccc2C1. The van der Waals surface area contributed by atoms with Crippen molar-refractivity contribution in [3.8, 4) is 5.75 Å². The smallest absolute Gasteiger partial charge is 0.305 e. The highest BCUT2D eigenvalue weighted by molar-refractivity contribution is 7.16. The predicted molar refractivity (Wildman–Crippen MR) is 163 cm³/mol. The highest BCUT2D eigenvalue weighted by Gasteiger charge is 2.29. The number of hydrogen-bond acceptors (Lipinski definition) is 6. The molecule has 1 amide bonds. The summed E-state index contributed by atoms with van der Waals surface area (Å²) in [5.74, 6) is 0.267. The largest absolute Gasteiger partial charge is 0.506 e. The van der Waals surface area contributed by atoms with E-state index in [-0.39, 0.29) is 22.6 Å². The number of fused-ring (bicyclic) bond motifs is 2. The number of aromatic nitrogens is 1. The van der Waals surface area contributed by atoms with Crippen molar-refractivity contribution in [1.29, 1.82) is 0 Å². The fourth-order valence-electron chi connectivity index (χ4n) is 5.47. The number of aromatic hydroxyl groups is 1. The van der Waals surface area contributed by atoms with Gasteiger partial charge in [0.1, 0.15) is 11.3 Å². The number of carbonyl (C=O) groups excluding carboxylic acids is 1. The summed E-state index contributed by atoms with van der Waals surface area (Å²) in [6, 6.07) is 20.0. The number of H-pyrrole nitrogens is 1. The van der Waals surface area contributed by atoms with Gasteiger partial charge in [0.25, 0.3) is 0 Å². The fraction of sp³-hybridized carbons (Fsp3) is 0.355. The summed E-state index contributed by atoms with van der Waals surface area (Å²) in [5, 5.41) is 17.7. The number of nitrogens with zero attached hydrogens (tertiary/aromatic N) is 1. The third-order valence-corrected chi connectivity index (χ3v) is 8.72. The van der Waals surface area contributed by atoms with Gasteiger partial charge in [-0.25, -0.2) is 0 Å². The topological polar surface area (TPSA) is 97.5 Å². The maximum atomic E-state index is 13.4. The van der Waals surface area contributed by atoms with Crippen LogP contribution in [0.4, 0.5) is 0 Å². The number of phenols is 1. The van der Waals surface area contributed by atoms with Crippen LogP contribution in [0.5, 0.6) is 5.75 Å². The minimum absolute atomic E-state index is 0.0933. The number of rotatable bonds is 13. The molecule has 0 saturated carbocycles. The van der Waals surface area contributed by atoms with Gasteiger partial charge >= 0.3 is 4.87 Å². The molecule has 0 spiro atoms. The van der Waals surface area contributed by atoms with E-state index in [2.05, 4.69) is 50.8 Å². The molecule has 40 heavy (non-hydrogen) atoms. The highest BCUT2D eigenvalue weighted by Crippen LogP contribution is 2.28. The molecule has 1 heterocycles. The molecule has 0 unspecified atom stereocenters. The standard InChI is InChI=1S/C31H35ClN4O3S/c32-25-7-3-4-21(18-25)10-13-33-15-12-28(38)36(26-19-23-5-1-2-6-24(23)20-26)17-16-34-14-11-22-8-9-27(37)29-30(22)40-31(39)35-29/h1-9,18,26,33-34,37H,10-17,19-20H2,(H,35,39). The van der Waals surface area contributed by atoms with E-state index in [1.165, 1.54) is 16.7 Å². The summed E-state index contributed by atoms with van der Waals surface area (Å²) in [4.78, 5) is 29.8. The van der Waals surface area contributed by atoms with Gasteiger partial charge in [-0.1, -0.05) is 65.4 Å². The van der Waals surface area contributed by atoms with E-state index in [9.17, 15) is 14.7 Å². The Morgan fingerprint density at radius 3 is 2.50 bits per heavy atom. The summed E-state index contributed by atoms with van der Waals surface area (Å²) in [7, 11) is 0. The molecule has 0 atom stereocenters. The number of carbonyl (C=O) groups is 1. The Kier molecular flexibility index (Phi) is 9.54. The van der Waals surface area contributed by atoms with Crippen molar-refractivity contribution in [2.24, 2.45) is 0 Å². The van der Waals surface area contributed by atoms with Crippen LogP contribution in [0.2, 0.25) is 5.02 Å². The molecule has 4 N–H and O–H groups in total. The molecule has 0 aliphatic heterocycles. The number of hydrogen-bond donors (Lipinski definition) is 4. The van der Waals surface area contributed by atoms with E-state index in [1.54, 1.807) is 6.07 Å². The lowest BCUT2D eigenvalue weighted by Crippen LogP contribution is -2.45. The van der Waals surface area contributed by atoms with Crippen LogP contribution in [-0.2, 0) is 30.5 Å². The van der Waals surface area contributed by atoms with Crippen molar-refractivity contribution in [2.45, 2.75) is 38.1 Å². The van der Waals surface area contributed by atoms with Crippen LogP contribution >= 0.6 is 22.9 Å². The van der Waals surface area contributed by atoms with Crippen LogP contribution in [0.3, 0.4) is 0 Å². The molecule has 0 fully saturated rings. The predicted octanol–water partition coefficient (Wildman–Crippen LogP) is 4.30. The van der Waals surface area contributed by atoms with Gasteiger partial charge in [0.05, 0.1) is 4.70 Å². The average Bonchev–Trinajstić information content (AvgIpc) is 3.55. The summed E-state index contributed by atoms with van der Waals surface area (Å²) in [6.07, 6.45) is 3.83. The number of aromatic amines is 1. The molecule has 1 aromatic heterocycles. The molecule has 4 aromatic rings. The van der Waals surface area contributed by atoms with Crippen molar-refractivity contribution in [3.63, 3.8) is 0 Å². The minimum Gasteiger partial charge on any atom is -0.506 e. The Bertz CT molecular complexity index is 1490. The Morgan fingerprint density at radius 1 is 0.975 bits per heavy atom. The Balaban J connectivity index is 1.12. The molecule has 1 aliphatic rings. The minimum atomic E-state index is -0.170. The number of phenolic OH excluding ortho intramolecular Hbond substituents is 1. The van der Waals surface area contributed by atoms with Crippen LogP contribution in [0.15, 0.2) is 65.5 Å². The highest BCUT2D eigenvalue weighted by atomic mass is 35.5. The zero-order chi connectivity index (χ0) is 27.9. The molecule has 7 nitrogen and oxygen atoms in total. The molecular formula is C31H35ClN4O3S.